The number of methoxy groups -OCH3 is 2. The SMILES string of the molecule is COc1cc(C(=O)N(C)C)c(OC)cc1C(=O)c1ccccc1. The molecular weight excluding hydrogens is 294 g/mol. The van der Waals surface area contributed by atoms with Crippen molar-refractivity contribution in [3.8, 4) is 11.5 Å². The topological polar surface area (TPSA) is 55.8 Å². The molecule has 0 N–H and O–H groups in total. The first-order valence-corrected chi connectivity index (χ1v) is 7.07. The van der Waals surface area contributed by atoms with Crippen LogP contribution in [0.3, 0.4) is 0 Å². The summed E-state index contributed by atoms with van der Waals surface area (Å²) >= 11 is 0. The molecule has 0 aliphatic heterocycles. The van der Waals surface area contributed by atoms with Gasteiger partial charge in [-0.3, -0.25) is 9.59 Å². The summed E-state index contributed by atoms with van der Waals surface area (Å²) in [5, 5.41) is 0. The third-order valence-electron chi connectivity index (χ3n) is 3.44. The lowest BCUT2D eigenvalue weighted by Gasteiger charge is -2.16. The van der Waals surface area contributed by atoms with E-state index in [2.05, 4.69) is 0 Å². The minimum atomic E-state index is -0.223. The van der Waals surface area contributed by atoms with Gasteiger partial charge in [-0.2, -0.15) is 0 Å². The van der Waals surface area contributed by atoms with Gasteiger partial charge in [0.15, 0.2) is 5.78 Å². The zero-order chi connectivity index (χ0) is 17.0. The van der Waals surface area contributed by atoms with Gasteiger partial charge in [0.25, 0.3) is 5.91 Å². The van der Waals surface area contributed by atoms with Gasteiger partial charge in [0.05, 0.1) is 25.3 Å². The molecule has 5 heteroatoms. The van der Waals surface area contributed by atoms with Gasteiger partial charge in [0.1, 0.15) is 11.5 Å². The van der Waals surface area contributed by atoms with Crippen LogP contribution in [-0.4, -0.2) is 44.9 Å². The molecule has 0 unspecified atom stereocenters. The lowest BCUT2D eigenvalue weighted by Crippen LogP contribution is -2.22. The zero-order valence-electron chi connectivity index (χ0n) is 13.6. The van der Waals surface area contributed by atoms with E-state index in [9.17, 15) is 9.59 Å². The summed E-state index contributed by atoms with van der Waals surface area (Å²) in [7, 11) is 6.23. The van der Waals surface area contributed by atoms with Gasteiger partial charge >= 0.3 is 0 Å². The minimum absolute atomic E-state index is 0.190. The van der Waals surface area contributed by atoms with Gasteiger partial charge in [-0.05, 0) is 12.1 Å². The predicted octanol–water partition coefficient (Wildman–Crippen LogP) is 2.64. The van der Waals surface area contributed by atoms with Crippen LogP contribution in [0.5, 0.6) is 11.5 Å². The van der Waals surface area contributed by atoms with E-state index < -0.39 is 0 Å². The lowest BCUT2D eigenvalue weighted by molar-refractivity contribution is 0.0823. The van der Waals surface area contributed by atoms with Gasteiger partial charge in [-0.25, -0.2) is 0 Å². The molecule has 5 nitrogen and oxygen atoms in total. The van der Waals surface area contributed by atoms with Crippen molar-refractivity contribution in [2.75, 3.05) is 28.3 Å². The van der Waals surface area contributed by atoms with Gasteiger partial charge in [0.2, 0.25) is 0 Å². The monoisotopic (exact) mass is 313 g/mol. The first kappa shape index (κ1) is 16.5. The van der Waals surface area contributed by atoms with Gasteiger partial charge in [-0.1, -0.05) is 30.3 Å². The maximum Gasteiger partial charge on any atom is 0.257 e. The molecule has 0 heterocycles. The molecular formula is C18H19NO4. The number of carbonyl (C=O) groups excluding carboxylic acids is 2. The van der Waals surface area contributed by atoms with Crippen LogP contribution in [0.1, 0.15) is 26.3 Å². The van der Waals surface area contributed by atoms with E-state index in [0.717, 1.165) is 0 Å². The number of ether oxygens (including phenoxy) is 2. The van der Waals surface area contributed by atoms with E-state index in [-0.39, 0.29) is 11.7 Å². The largest absolute Gasteiger partial charge is 0.496 e. The molecule has 0 saturated carbocycles. The fourth-order valence-corrected chi connectivity index (χ4v) is 2.23. The zero-order valence-corrected chi connectivity index (χ0v) is 13.6. The number of amides is 1. The van der Waals surface area contributed by atoms with E-state index in [0.29, 0.717) is 28.2 Å². The number of carbonyl (C=O) groups is 2. The Kier molecular flexibility index (Phi) is 5.01. The average Bonchev–Trinajstić information content (AvgIpc) is 2.59. The summed E-state index contributed by atoms with van der Waals surface area (Å²) in [6.07, 6.45) is 0. The summed E-state index contributed by atoms with van der Waals surface area (Å²) in [4.78, 5) is 26.4. The van der Waals surface area contributed by atoms with Crippen molar-refractivity contribution in [1.82, 2.24) is 4.90 Å². The van der Waals surface area contributed by atoms with Crippen LogP contribution < -0.4 is 9.47 Å². The number of hydrogen-bond donors (Lipinski definition) is 0. The Morgan fingerprint density at radius 3 is 1.91 bits per heavy atom. The van der Waals surface area contributed by atoms with Crippen molar-refractivity contribution >= 4 is 11.7 Å². The predicted molar refractivity (Wildman–Crippen MR) is 87.4 cm³/mol. The highest BCUT2D eigenvalue weighted by Crippen LogP contribution is 2.31. The Balaban J connectivity index is 2.57. The highest BCUT2D eigenvalue weighted by molar-refractivity contribution is 6.12. The Bertz CT molecular complexity index is 723. The van der Waals surface area contributed by atoms with Crippen molar-refractivity contribution in [3.63, 3.8) is 0 Å². The summed E-state index contributed by atoms with van der Waals surface area (Å²) in [5.74, 6) is 0.261. The average molecular weight is 313 g/mol. The summed E-state index contributed by atoms with van der Waals surface area (Å²) < 4.78 is 10.6. The van der Waals surface area contributed by atoms with Crippen molar-refractivity contribution < 1.29 is 19.1 Å². The number of ketones is 1. The lowest BCUT2D eigenvalue weighted by atomic mass is 9.99. The molecule has 2 rings (SSSR count). The fraction of sp³-hybridized carbons (Fsp3) is 0.222. The van der Waals surface area contributed by atoms with Gasteiger partial charge < -0.3 is 14.4 Å². The molecule has 0 atom stereocenters. The number of benzene rings is 2. The maximum atomic E-state index is 12.7. The van der Waals surface area contributed by atoms with E-state index in [4.69, 9.17) is 9.47 Å². The van der Waals surface area contributed by atoms with Crippen LogP contribution in [0, 0.1) is 0 Å². The minimum Gasteiger partial charge on any atom is -0.496 e. The van der Waals surface area contributed by atoms with Crippen molar-refractivity contribution in [2.45, 2.75) is 0 Å². The van der Waals surface area contributed by atoms with E-state index in [1.807, 2.05) is 6.07 Å². The maximum absolute atomic E-state index is 12.7. The molecule has 0 aliphatic carbocycles. The fourth-order valence-electron chi connectivity index (χ4n) is 2.23. The van der Waals surface area contributed by atoms with E-state index in [1.165, 1.54) is 25.2 Å². The Morgan fingerprint density at radius 1 is 0.870 bits per heavy atom. The molecule has 0 aliphatic rings. The Labute approximate surface area is 135 Å². The van der Waals surface area contributed by atoms with Crippen LogP contribution in [0.15, 0.2) is 42.5 Å². The third kappa shape index (κ3) is 3.34. The third-order valence-corrected chi connectivity index (χ3v) is 3.44. The molecule has 0 aromatic heterocycles. The summed E-state index contributed by atoms with van der Waals surface area (Å²) in [6, 6.07) is 12.0. The standard InChI is InChI=1S/C18H19NO4/c1-19(2)18(21)14-11-15(22-3)13(10-16(14)23-4)17(20)12-8-6-5-7-9-12/h5-11H,1-4H3. The molecule has 120 valence electrons. The van der Waals surface area contributed by atoms with E-state index in [1.54, 1.807) is 44.4 Å². The summed E-state index contributed by atoms with van der Waals surface area (Å²) in [6.45, 7) is 0. The second kappa shape index (κ2) is 6.96. The molecule has 23 heavy (non-hydrogen) atoms. The van der Waals surface area contributed by atoms with E-state index >= 15 is 0 Å². The molecule has 0 saturated heterocycles. The first-order chi connectivity index (χ1) is 11.0. The Hall–Kier alpha value is -2.82. The highest BCUT2D eigenvalue weighted by Gasteiger charge is 2.22. The number of hydrogen-bond acceptors (Lipinski definition) is 4. The molecule has 2 aromatic carbocycles. The number of rotatable bonds is 5. The van der Waals surface area contributed by atoms with Crippen LogP contribution >= 0.6 is 0 Å². The molecule has 1 amide bonds. The smallest absolute Gasteiger partial charge is 0.257 e. The molecule has 0 bridgehead atoms. The quantitative estimate of drug-likeness (QED) is 0.796. The normalized spacial score (nSPS) is 10.1. The van der Waals surface area contributed by atoms with Crippen LogP contribution in [0.4, 0.5) is 0 Å². The van der Waals surface area contributed by atoms with Crippen molar-refractivity contribution in [2.24, 2.45) is 0 Å². The van der Waals surface area contributed by atoms with Crippen LogP contribution in [-0.2, 0) is 0 Å². The summed E-state index contributed by atoms with van der Waals surface area (Å²) in [5.41, 5.74) is 1.24. The van der Waals surface area contributed by atoms with Crippen LogP contribution in [0.25, 0.3) is 0 Å². The van der Waals surface area contributed by atoms with Crippen LogP contribution in [0.2, 0.25) is 0 Å². The number of nitrogens with zero attached hydrogens (tertiary/aromatic N) is 1. The first-order valence-electron chi connectivity index (χ1n) is 7.07. The molecule has 0 spiro atoms. The molecule has 0 radical (unpaired) electrons. The van der Waals surface area contributed by atoms with Crippen molar-refractivity contribution in [1.29, 1.82) is 0 Å². The molecule has 0 fully saturated rings. The van der Waals surface area contributed by atoms with Gasteiger partial charge in [0, 0.05) is 19.7 Å². The Morgan fingerprint density at radius 2 is 1.39 bits per heavy atom. The molecule has 2 aromatic rings. The van der Waals surface area contributed by atoms with Gasteiger partial charge in [-0.15, -0.1) is 0 Å². The second-order valence-electron chi connectivity index (χ2n) is 5.15. The highest BCUT2D eigenvalue weighted by atomic mass is 16.5. The second-order valence-corrected chi connectivity index (χ2v) is 5.15. The van der Waals surface area contributed by atoms with Crippen molar-refractivity contribution in [3.05, 3.63) is 59.2 Å².